The maximum Gasteiger partial charge on any atom is 0.262 e. The molecule has 0 spiro atoms. The highest BCUT2D eigenvalue weighted by atomic mass is 32.2. The third kappa shape index (κ3) is 2.97. The molecular weight excluding hydrogens is 279 g/mol. The lowest BCUT2D eigenvalue weighted by atomic mass is 10.2. The van der Waals surface area contributed by atoms with Crippen molar-refractivity contribution < 1.29 is 12.8 Å². The first kappa shape index (κ1) is 14.5. The van der Waals surface area contributed by atoms with Crippen LogP contribution in [0.25, 0.3) is 0 Å². The summed E-state index contributed by atoms with van der Waals surface area (Å²) in [6, 6.07) is 10.6. The zero-order valence-corrected chi connectivity index (χ0v) is 11.7. The van der Waals surface area contributed by atoms with Crippen LogP contribution in [0.4, 0.5) is 10.1 Å². The molecular formula is C14H15FN2O2S. The van der Waals surface area contributed by atoms with E-state index >= 15 is 0 Å². The van der Waals surface area contributed by atoms with E-state index in [2.05, 4.69) is 4.72 Å². The van der Waals surface area contributed by atoms with Gasteiger partial charge >= 0.3 is 0 Å². The lowest BCUT2D eigenvalue weighted by molar-refractivity contribution is 0.597. The van der Waals surface area contributed by atoms with Crippen LogP contribution in [0.2, 0.25) is 0 Å². The molecule has 0 aliphatic rings. The molecule has 20 heavy (non-hydrogen) atoms. The van der Waals surface area contributed by atoms with Crippen molar-refractivity contribution in [3.63, 3.8) is 0 Å². The number of nitrogens with two attached hydrogens (primary N) is 1. The van der Waals surface area contributed by atoms with Crippen LogP contribution in [0, 0.1) is 12.7 Å². The van der Waals surface area contributed by atoms with Gasteiger partial charge in [-0.1, -0.05) is 24.3 Å². The maximum atomic E-state index is 13.6. The molecule has 2 aromatic carbocycles. The minimum Gasteiger partial charge on any atom is -0.326 e. The van der Waals surface area contributed by atoms with E-state index in [0.717, 1.165) is 5.56 Å². The van der Waals surface area contributed by atoms with Crippen LogP contribution < -0.4 is 10.5 Å². The van der Waals surface area contributed by atoms with Crippen LogP contribution in [0.5, 0.6) is 0 Å². The van der Waals surface area contributed by atoms with E-state index in [1.807, 2.05) is 0 Å². The second kappa shape index (κ2) is 5.60. The molecule has 2 aromatic rings. The second-order valence-electron chi connectivity index (χ2n) is 4.40. The van der Waals surface area contributed by atoms with Crippen molar-refractivity contribution in [2.75, 3.05) is 4.72 Å². The Bertz CT molecular complexity index is 730. The van der Waals surface area contributed by atoms with Gasteiger partial charge in [-0.2, -0.15) is 0 Å². The fraction of sp³-hybridized carbons (Fsp3) is 0.143. The van der Waals surface area contributed by atoms with Crippen LogP contribution in [0.1, 0.15) is 11.1 Å². The first-order valence-electron chi connectivity index (χ1n) is 6.01. The summed E-state index contributed by atoms with van der Waals surface area (Å²) in [6.45, 7) is 1.85. The molecule has 0 radical (unpaired) electrons. The van der Waals surface area contributed by atoms with Gasteiger partial charge in [0.15, 0.2) is 0 Å². The van der Waals surface area contributed by atoms with Gasteiger partial charge < -0.3 is 5.73 Å². The van der Waals surface area contributed by atoms with Crippen molar-refractivity contribution in [2.45, 2.75) is 18.4 Å². The van der Waals surface area contributed by atoms with Crippen molar-refractivity contribution >= 4 is 15.7 Å². The molecule has 0 heterocycles. The zero-order chi connectivity index (χ0) is 14.8. The molecule has 0 saturated carbocycles. The van der Waals surface area contributed by atoms with E-state index in [-0.39, 0.29) is 17.1 Å². The number of halogens is 1. The summed E-state index contributed by atoms with van der Waals surface area (Å²) in [7, 11) is -3.87. The highest BCUT2D eigenvalue weighted by Crippen LogP contribution is 2.22. The Morgan fingerprint density at radius 2 is 1.90 bits per heavy atom. The largest absolute Gasteiger partial charge is 0.326 e. The fourth-order valence-electron chi connectivity index (χ4n) is 1.85. The van der Waals surface area contributed by atoms with Gasteiger partial charge in [-0.3, -0.25) is 4.72 Å². The predicted octanol–water partition coefficient (Wildman–Crippen LogP) is 2.39. The van der Waals surface area contributed by atoms with Gasteiger partial charge in [0, 0.05) is 6.54 Å². The van der Waals surface area contributed by atoms with Crippen molar-refractivity contribution in [1.82, 2.24) is 0 Å². The highest BCUT2D eigenvalue weighted by molar-refractivity contribution is 7.92. The molecule has 4 nitrogen and oxygen atoms in total. The SMILES string of the molecule is Cc1ccc(F)c(NS(=O)(=O)c2ccccc2CN)c1. The number of benzene rings is 2. The lowest BCUT2D eigenvalue weighted by Gasteiger charge is -2.12. The molecule has 0 bridgehead atoms. The number of nitrogens with one attached hydrogen (secondary N) is 1. The number of hydrogen-bond donors (Lipinski definition) is 2. The van der Waals surface area contributed by atoms with E-state index in [9.17, 15) is 12.8 Å². The molecule has 0 aliphatic heterocycles. The Balaban J connectivity index is 2.43. The molecule has 0 aromatic heterocycles. The molecule has 3 N–H and O–H groups in total. The number of hydrogen-bond acceptors (Lipinski definition) is 3. The Morgan fingerprint density at radius 1 is 1.20 bits per heavy atom. The second-order valence-corrected chi connectivity index (χ2v) is 6.05. The van der Waals surface area contributed by atoms with Gasteiger partial charge in [-0.05, 0) is 36.2 Å². The van der Waals surface area contributed by atoms with Crippen molar-refractivity contribution in [1.29, 1.82) is 0 Å². The average Bonchev–Trinajstić information content (AvgIpc) is 2.42. The molecule has 0 amide bonds. The van der Waals surface area contributed by atoms with Crippen LogP contribution in [0.15, 0.2) is 47.4 Å². The van der Waals surface area contributed by atoms with Gasteiger partial charge in [-0.25, -0.2) is 12.8 Å². The van der Waals surface area contributed by atoms with Gasteiger partial charge in [0.25, 0.3) is 10.0 Å². The van der Waals surface area contributed by atoms with E-state index in [0.29, 0.717) is 5.56 Å². The summed E-state index contributed by atoms with van der Waals surface area (Å²) in [5.74, 6) is -0.621. The highest BCUT2D eigenvalue weighted by Gasteiger charge is 2.19. The van der Waals surface area contributed by atoms with Crippen LogP contribution in [-0.4, -0.2) is 8.42 Å². The summed E-state index contributed by atoms with van der Waals surface area (Å²) in [5.41, 5.74) is 6.70. The summed E-state index contributed by atoms with van der Waals surface area (Å²) in [6.07, 6.45) is 0. The first-order valence-corrected chi connectivity index (χ1v) is 7.49. The zero-order valence-electron chi connectivity index (χ0n) is 10.9. The van der Waals surface area contributed by atoms with Crippen LogP contribution >= 0.6 is 0 Å². The van der Waals surface area contributed by atoms with Gasteiger partial charge in [-0.15, -0.1) is 0 Å². The van der Waals surface area contributed by atoms with Crippen molar-refractivity contribution in [3.05, 3.63) is 59.4 Å². The monoisotopic (exact) mass is 294 g/mol. The number of rotatable bonds is 4. The summed E-state index contributed by atoms with van der Waals surface area (Å²) < 4.78 is 40.5. The molecule has 106 valence electrons. The molecule has 0 atom stereocenters. The van der Waals surface area contributed by atoms with Gasteiger partial charge in [0.1, 0.15) is 5.82 Å². The fourth-order valence-corrected chi connectivity index (χ4v) is 3.16. The minimum absolute atomic E-state index is 0.0587. The topological polar surface area (TPSA) is 72.2 Å². The number of aryl methyl sites for hydroxylation is 1. The standard InChI is InChI=1S/C14H15FN2O2S/c1-10-6-7-12(15)13(8-10)17-20(18,19)14-5-3-2-4-11(14)9-16/h2-8,17H,9,16H2,1H3. The average molecular weight is 294 g/mol. The molecule has 0 unspecified atom stereocenters. The van der Waals surface area contributed by atoms with E-state index in [1.54, 1.807) is 31.2 Å². The Morgan fingerprint density at radius 3 is 2.60 bits per heavy atom. The predicted molar refractivity (Wildman–Crippen MR) is 76.3 cm³/mol. The van der Waals surface area contributed by atoms with Gasteiger partial charge in [0.05, 0.1) is 10.6 Å². The van der Waals surface area contributed by atoms with Crippen molar-refractivity contribution in [2.24, 2.45) is 5.73 Å². The Labute approximate surface area is 117 Å². The summed E-state index contributed by atoms with van der Waals surface area (Å²) in [4.78, 5) is 0.0587. The maximum absolute atomic E-state index is 13.6. The van der Waals surface area contributed by atoms with Crippen molar-refractivity contribution in [3.8, 4) is 0 Å². The Hall–Kier alpha value is -1.92. The molecule has 0 fully saturated rings. The molecule has 0 saturated heterocycles. The third-order valence-electron chi connectivity index (χ3n) is 2.85. The van der Waals surface area contributed by atoms with Gasteiger partial charge in [0.2, 0.25) is 0 Å². The summed E-state index contributed by atoms with van der Waals surface area (Å²) >= 11 is 0. The molecule has 2 rings (SSSR count). The minimum atomic E-state index is -3.87. The quantitative estimate of drug-likeness (QED) is 0.909. The normalized spacial score (nSPS) is 11.3. The number of sulfonamides is 1. The van der Waals surface area contributed by atoms with E-state index in [4.69, 9.17) is 5.73 Å². The van der Waals surface area contributed by atoms with Crippen LogP contribution in [-0.2, 0) is 16.6 Å². The third-order valence-corrected chi connectivity index (χ3v) is 4.31. The first-order chi connectivity index (χ1) is 9.44. The Kier molecular flexibility index (Phi) is 4.06. The lowest BCUT2D eigenvalue weighted by Crippen LogP contribution is -2.17. The molecule has 6 heteroatoms. The molecule has 0 aliphatic carbocycles. The number of anilines is 1. The van der Waals surface area contributed by atoms with E-state index in [1.165, 1.54) is 18.2 Å². The summed E-state index contributed by atoms with van der Waals surface area (Å²) in [5, 5.41) is 0. The van der Waals surface area contributed by atoms with E-state index < -0.39 is 15.8 Å². The smallest absolute Gasteiger partial charge is 0.262 e. The van der Waals surface area contributed by atoms with Crippen LogP contribution in [0.3, 0.4) is 0 Å².